The topological polar surface area (TPSA) is 46.2 Å². The second-order valence-electron chi connectivity index (χ2n) is 5.24. The summed E-state index contributed by atoms with van der Waals surface area (Å²) in [6, 6.07) is 0. The predicted octanol–water partition coefficient (Wildman–Crippen LogP) is 4.00. The van der Waals surface area contributed by atoms with E-state index >= 15 is 0 Å². The Balaban J connectivity index is 3.12. The van der Waals surface area contributed by atoms with Crippen molar-refractivity contribution in [2.45, 2.75) is 84.0 Å². The van der Waals surface area contributed by atoms with E-state index in [9.17, 15) is 9.59 Å². The van der Waals surface area contributed by atoms with E-state index < -0.39 is 0 Å². The fourth-order valence-corrected chi connectivity index (χ4v) is 2.10. The maximum atomic E-state index is 11.4. The summed E-state index contributed by atoms with van der Waals surface area (Å²) in [7, 11) is 0. The molecular weight excluding hydrogens is 238 g/mol. The number of unbranched alkanes of at least 4 members (excludes halogenated alkanes) is 9. The highest BCUT2D eigenvalue weighted by Crippen LogP contribution is 2.10. The minimum atomic E-state index is 0.133. The zero-order valence-corrected chi connectivity index (χ0v) is 12.6. The van der Waals surface area contributed by atoms with Crippen LogP contribution in [0.15, 0.2) is 0 Å². The highest BCUT2D eigenvalue weighted by molar-refractivity contribution is 5.75. The third kappa shape index (κ3) is 15.1. The van der Waals surface area contributed by atoms with Gasteiger partial charge in [-0.1, -0.05) is 58.3 Å². The molecule has 3 heteroatoms. The second-order valence-corrected chi connectivity index (χ2v) is 5.24. The van der Waals surface area contributed by atoms with Gasteiger partial charge in [-0.2, -0.15) is 0 Å². The Labute approximate surface area is 118 Å². The van der Waals surface area contributed by atoms with Gasteiger partial charge >= 0.3 is 0 Å². The first-order chi connectivity index (χ1) is 9.31. The Bertz CT molecular complexity index is 217. The summed E-state index contributed by atoms with van der Waals surface area (Å²) in [6.45, 7) is 2.87. The van der Waals surface area contributed by atoms with Crippen LogP contribution in [-0.4, -0.2) is 18.7 Å². The van der Waals surface area contributed by atoms with Crippen molar-refractivity contribution in [2.75, 3.05) is 6.54 Å². The summed E-state index contributed by atoms with van der Waals surface area (Å²) < 4.78 is 0. The van der Waals surface area contributed by atoms with Crippen molar-refractivity contribution in [2.24, 2.45) is 0 Å². The van der Waals surface area contributed by atoms with Gasteiger partial charge in [0, 0.05) is 19.4 Å². The van der Waals surface area contributed by atoms with Gasteiger partial charge in [-0.15, -0.1) is 0 Å². The van der Waals surface area contributed by atoms with Crippen LogP contribution < -0.4 is 5.32 Å². The Morgan fingerprint density at radius 1 is 0.895 bits per heavy atom. The lowest BCUT2D eigenvalue weighted by Gasteiger charge is -2.04. The van der Waals surface area contributed by atoms with Crippen LogP contribution in [-0.2, 0) is 9.59 Å². The van der Waals surface area contributed by atoms with E-state index in [4.69, 9.17) is 0 Å². The molecule has 0 fully saturated rings. The van der Waals surface area contributed by atoms with Crippen molar-refractivity contribution in [1.82, 2.24) is 5.32 Å². The van der Waals surface area contributed by atoms with Crippen LogP contribution >= 0.6 is 0 Å². The lowest BCUT2D eigenvalue weighted by Crippen LogP contribution is -2.24. The minimum Gasteiger partial charge on any atom is -0.356 e. The van der Waals surface area contributed by atoms with Crippen LogP contribution in [0.5, 0.6) is 0 Å². The van der Waals surface area contributed by atoms with Crippen molar-refractivity contribution >= 4 is 12.2 Å². The Morgan fingerprint density at radius 3 is 2.05 bits per heavy atom. The molecular formula is C16H31NO2. The second kappa shape index (κ2) is 15.2. The summed E-state index contributed by atoms with van der Waals surface area (Å²) >= 11 is 0. The highest BCUT2D eigenvalue weighted by atomic mass is 16.1. The Hall–Kier alpha value is -0.860. The van der Waals surface area contributed by atoms with Gasteiger partial charge in [0.05, 0.1) is 0 Å². The van der Waals surface area contributed by atoms with E-state index in [1.807, 2.05) is 0 Å². The average Bonchev–Trinajstić information content (AvgIpc) is 2.42. The molecule has 0 spiro atoms. The molecule has 0 heterocycles. The molecule has 1 amide bonds. The molecule has 1 N–H and O–H groups in total. The monoisotopic (exact) mass is 269 g/mol. The molecule has 0 aromatic rings. The van der Waals surface area contributed by atoms with Crippen molar-refractivity contribution in [1.29, 1.82) is 0 Å². The zero-order chi connectivity index (χ0) is 14.2. The predicted molar refractivity (Wildman–Crippen MR) is 80.2 cm³/mol. The highest BCUT2D eigenvalue weighted by Gasteiger charge is 2.00. The number of amides is 1. The maximum absolute atomic E-state index is 11.4. The molecule has 0 bridgehead atoms. The zero-order valence-electron chi connectivity index (χ0n) is 12.6. The van der Waals surface area contributed by atoms with Gasteiger partial charge in [0.15, 0.2) is 0 Å². The summed E-state index contributed by atoms with van der Waals surface area (Å²) in [4.78, 5) is 21.5. The fourth-order valence-electron chi connectivity index (χ4n) is 2.10. The molecule has 0 aliphatic rings. The van der Waals surface area contributed by atoms with Crippen molar-refractivity contribution in [3.63, 3.8) is 0 Å². The van der Waals surface area contributed by atoms with Gasteiger partial charge in [-0.25, -0.2) is 0 Å². The minimum absolute atomic E-state index is 0.133. The van der Waals surface area contributed by atoms with E-state index in [0.29, 0.717) is 19.4 Å². The van der Waals surface area contributed by atoms with Crippen molar-refractivity contribution in [3.05, 3.63) is 0 Å². The molecule has 0 radical (unpaired) electrons. The van der Waals surface area contributed by atoms with Crippen LogP contribution in [0.1, 0.15) is 84.0 Å². The fraction of sp³-hybridized carbons (Fsp3) is 0.875. The van der Waals surface area contributed by atoms with Crippen LogP contribution in [0.3, 0.4) is 0 Å². The van der Waals surface area contributed by atoms with Crippen molar-refractivity contribution < 1.29 is 9.59 Å². The van der Waals surface area contributed by atoms with Gasteiger partial charge in [0.25, 0.3) is 0 Å². The normalized spacial score (nSPS) is 10.4. The van der Waals surface area contributed by atoms with Crippen LogP contribution in [0.4, 0.5) is 0 Å². The number of rotatable bonds is 14. The number of carbonyl (C=O) groups excluding carboxylic acids is 2. The summed E-state index contributed by atoms with van der Waals surface area (Å²) in [5.74, 6) is 0.133. The molecule has 0 aliphatic heterocycles. The number of carbonyl (C=O) groups is 2. The van der Waals surface area contributed by atoms with Crippen LogP contribution in [0.2, 0.25) is 0 Å². The molecule has 0 aliphatic carbocycles. The van der Waals surface area contributed by atoms with Gasteiger partial charge in [0.1, 0.15) is 6.29 Å². The van der Waals surface area contributed by atoms with E-state index in [-0.39, 0.29) is 5.91 Å². The van der Waals surface area contributed by atoms with E-state index in [0.717, 1.165) is 25.5 Å². The molecule has 0 saturated heterocycles. The van der Waals surface area contributed by atoms with E-state index in [1.54, 1.807) is 0 Å². The lowest BCUT2D eigenvalue weighted by atomic mass is 10.1. The molecule has 0 atom stereocenters. The SMILES string of the molecule is CCCCCCCCCCCC(=O)NCCCC=O. The smallest absolute Gasteiger partial charge is 0.219 e. The molecule has 0 aromatic heterocycles. The molecule has 3 nitrogen and oxygen atoms in total. The molecule has 112 valence electrons. The van der Waals surface area contributed by atoms with Gasteiger partial charge < -0.3 is 10.1 Å². The van der Waals surface area contributed by atoms with Crippen LogP contribution in [0, 0.1) is 0 Å². The lowest BCUT2D eigenvalue weighted by molar-refractivity contribution is -0.121. The third-order valence-electron chi connectivity index (χ3n) is 3.33. The Kier molecular flexibility index (Phi) is 14.5. The molecule has 19 heavy (non-hydrogen) atoms. The number of aldehydes is 1. The number of hydrogen-bond acceptors (Lipinski definition) is 2. The first-order valence-electron chi connectivity index (χ1n) is 8.01. The number of hydrogen-bond donors (Lipinski definition) is 1. The number of nitrogens with one attached hydrogen (secondary N) is 1. The van der Waals surface area contributed by atoms with Gasteiger partial charge in [-0.05, 0) is 12.8 Å². The first kappa shape index (κ1) is 18.1. The molecule has 0 unspecified atom stereocenters. The van der Waals surface area contributed by atoms with E-state index in [1.165, 1.54) is 44.9 Å². The summed E-state index contributed by atoms with van der Waals surface area (Å²) in [6.07, 6.45) is 14.3. The van der Waals surface area contributed by atoms with E-state index in [2.05, 4.69) is 12.2 Å². The quantitative estimate of drug-likeness (QED) is 0.382. The van der Waals surface area contributed by atoms with Crippen LogP contribution in [0.25, 0.3) is 0 Å². The van der Waals surface area contributed by atoms with Gasteiger partial charge in [0.2, 0.25) is 5.91 Å². The first-order valence-corrected chi connectivity index (χ1v) is 8.01. The molecule has 0 rings (SSSR count). The summed E-state index contributed by atoms with van der Waals surface area (Å²) in [5, 5.41) is 2.84. The molecule has 0 saturated carbocycles. The standard InChI is InChI=1S/C16H31NO2/c1-2-3-4-5-6-7-8-9-10-13-16(19)17-14-11-12-15-18/h15H,2-14H2,1H3,(H,17,19). The van der Waals surface area contributed by atoms with Crippen molar-refractivity contribution in [3.8, 4) is 0 Å². The average molecular weight is 269 g/mol. The maximum Gasteiger partial charge on any atom is 0.219 e. The summed E-state index contributed by atoms with van der Waals surface area (Å²) in [5.41, 5.74) is 0. The molecule has 0 aromatic carbocycles. The van der Waals surface area contributed by atoms with Gasteiger partial charge in [-0.3, -0.25) is 4.79 Å². The largest absolute Gasteiger partial charge is 0.356 e. The Morgan fingerprint density at radius 2 is 1.47 bits per heavy atom. The third-order valence-corrected chi connectivity index (χ3v) is 3.33.